The van der Waals surface area contributed by atoms with Crippen molar-refractivity contribution in [2.75, 3.05) is 6.54 Å². The fourth-order valence-electron chi connectivity index (χ4n) is 2.89. The maximum atomic E-state index is 12.5. The molecule has 0 bridgehead atoms. The number of nitrogens with zero attached hydrogens (tertiary/aromatic N) is 1. The van der Waals surface area contributed by atoms with E-state index in [1.165, 1.54) is 25.7 Å². The van der Waals surface area contributed by atoms with Gasteiger partial charge in [0.15, 0.2) is 0 Å². The van der Waals surface area contributed by atoms with Crippen LogP contribution in [-0.2, 0) is 23.9 Å². The molecular formula is C19H32N4O7. The molecule has 1 saturated heterocycles. The molecule has 0 aromatic rings. The number of ether oxygens (including phenoxy) is 1. The number of nitrogens with one attached hydrogen (secondary N) is 3. The Morgan fingerprint density at radius 3 is 1.93 bits per heavy atom. The summed E-state index contributed by atoms with van der Waals surface area (Å²) < 4.78 is 5.07. The molecule has 4 atom stereocenters. The Labute approximate surface area is 175 Å². The van der Waals surface area contributed by atoms with Gasteiger partial charge in [0.25, 0.3) is 0 Å². The molecule has 4 N–H and O–H groups in total. The minimum absolute atomic E-state index is 0.316. The largest absolute Gasteiger partial charge is 0.480 e. The first-order valence-electron chi connectivity index (χ1n) is 9.86. The lowest BCUT2D eigenvalue weighted by molar-refractivity contribution is -0.149. The molecule has 0 aromatic carbocycles. The van der Waals surface area contributed by atoms with Crippen molar-refractivity contribution in [3.05, 3.63) is 0 Å². The van der Waals surface area contributed by atoms with Crippen LogP contribution in [0.1, 0.15) is 54.4 Å². The van der Waals surface area contributed by atoms with Gasteiger partial charge in [0.2, 0.25) is 17.7 Å². The predicted octanol–water partition coefficient (Wildman–Crippen LogP) is -0.0154. The zero-order valence-electron chi connectivity index (χ0n) is 18.3. The van der Waals surface area contributed by atoms with E-state index in [0.29, 0.717) is 19.4 Å². The minimum atomic E-state index is -1.08. The maximum absolute atomic E-state index is 12.5. The summed E-state index contributed by atoms with van der Waals surface area (Å²) in [6.45, 7) is 9.71. The molecule has 0 aromatic heterocycles. The Hall–Kier alpha value is -2.85. The third-order valence-corrected chi connectivity index (χ3v) is 4.43. The van der Waals surface area contributed by atoms with Crippen molar-refractivity contribution in [2.45, 2.75) is 84.2 Å². The van der Waals surface area contributed by atoms with Crippen LogP contribution in [0.25, 0.3) is 0 Å². The molecule has 1 fully saturated rings. The number of amides is 4. The molecule has 1 aliphatic heterocycles. The fraction of sp³-hybridized carbons (Fsp3) is 0.737. The molecule has 0 aliphatic carbocycles. The molecule has 4 unspecified atom stereocenters. The third kappa shape index (κ3) is 7.53. The number of likely N-dealkylation sites (tertiary alicyclic amines) is 1. The van der Waals surface area contributed by atoms with Crippen LogP contribution in [0.5, 0.6) is 0 Å². The lowest BCUT2D eigenvalue weighted by Crippen LogP contribution is -2.56. The van der Waals surface area contributed by atoms with E-state index >= 15 is 0 Å². The molecule has 170 valence electrons. The van der Waals surface area contributed by atoms with Crippen LogP contribution < -0.4 is 16.0 Å². The first-order chi connectivity index (χ1) is 13.7. The molecule has 1 rings (SSSR count). The van der Waals surface area contributed by atoms with E-state index in [0.717, 1.165) is 0 Å². The molecule has 0 spiro atoms. The van der Waals surface area contributed by atoms with Crippen molar-refractivity contribution in [1.82, 2.24) is 20.9 Å². The second-order valence-corrected chi connectivity index (χ2v) is 8.36. The van der Waals surface area contributed by atoms with Crippen LogP contribution >= 0.6 is 0 Å². The molecule has 1 aliphatic rings. The van der Waals surface area contributed by atoms with Gasteiger partial charge in [-0.05, 0) is 54.4 Å². The Morgan fingerprint density at radius 1 is 0.933 bits per heavy atom. The zero-order chi connectivity index (χ0) is 23.2. The Balaban J connectivity index is 2.55. The third-order valence-electron chi connectivity index (χ3n) is 4.43. The van der Waals surface area contributed by atoms with E-state index in [4.69, 9.17) is 4.74 Å². The van der Waals surface area contributed by atoms with E-state index in [1.807, 2.05) is 0 Å². The Kier molecular flexibility index (Phi) is 8.61. The van der Waals surface area contributed by atoms with Crippen molar-refractivity contribution in [1.29, 1.82) is 0 Å². The van der Waals surface area contributed by atoms with Gasteiger partial charge in [0, 0.05) is 6.54 Å². The predicted molar refractivity (Wildman–Crippen MR) is 106 cm³/mol. The monoisotopic (exact) mass is 428 g/mol. The molecule has 0 saturated carbocycles. The summed E-state index contributed by atoms with van der Waals surface area (Å²) in [5, 5.41) is 16.5. The van der Waals surface area contributed by atoms with Crippen molar-refractivity contribution >= 4 is 29.8 Å². The standard InChI is InChI=1S/C19H32N4O7/c1-10(20-15(25)11(2)22-18(29)30-19(4,5)6)14(24)21-12(3)16(26)23-9-7-8-13(23)17(27)28/h10-13H,7-9H2,1-6H3,(H,20,25)(H,21,24)(H,22,29)(H,27,28). The lowest BCUT2D eigenvalue weighted by atomic mass is 10.2. The summed E-state index contributed by atoms with van der Waals surface area (Å²) in [5.41, 5.74) is -0.717. The number of hydrogen-bond acceptors (Lipinski definition) is 6. The van der Waals surface area contributed by atoms with E-state index in [-0.39, 0.29) is 0 Å². The highest BCUT2D eigenvalue weighted by molar-refractivity contribution is 5.94. The van der Waals surface area contributed by atoms with Gasteiger partial charge in [-0.3, -0.25) is 14.4 Å². The molecule has 11 heteroatoms. The maximum Gasteiger partial charge on any atom is 0.408 e. The first-order valence-corrected chi connectivity index (χ1v) is 9.86. The normalized spacial score (nSPS) is 19.3. The van der Waals surface area contributed by atoms with Gasteiger partial charge in [0.05, 0.1) is 0 Å². The summed E-state index contributed by atoms with van der Waals surface area (Å²) >= 11 is 0. The lowest BCUT2D eigenvalue weighted by Gasteiger charge is -2.26. The van der Waals surface area contributed by atoms with Gasteiger partial charge in [-0.1, -0.05) is 0 Å². The highest BCUT2D eigenvalue weighted by Gasteiger charge is 2.36. The van der Waals surface area contributed by atoms with Gasteiger partial charge in [0.1, 0.15) is 29.8 Å². The van der Waals surface area contributed by atoms with E-state index in [9.17, 15) is 29.1 Å². The second-order valence-electron chi connectivity index (χ2n) is 8.36. The van der Waals surface area contributed by atoms with Crippen molar-refractivity contribution in [3.8, 4) is 0 Å². The number of carboxylic acid groups (broad SMARTS) is 1. The minimum Gasteiger partial charge on any atom is -0.480 e. The summed E-state index contributed by atoms with van der Waals surface area (Å²) in [6.07, 6.45) is 0.190. The SMILES string of the molecule is CC(NC(=O)OC(C)(C)C)C(=O)NC(C)C(=O)NC(C)C(=O)N1CCCC1C(=O)O. The number of carbonyl (C=O) groups excluding carboxylic acids is 4. The number of hydrogen-bond donors (Lipinski definition) is 4. The van der Waals surface area contributed by atoms with E-state index < -0.39 is 59.6 Å². The molecule has 11 nitrogen and oxygen atoms in total. The van der Waals surface area contributed by atoms with Gasteiger partial charge >= 0.3 is 12.1 Å². The van der Waals surface area contributed by atoms with Crippen LogP contribution in [0.2, 0.25) is 0 Å². The summed E-state index contributed by atoms with van der Waals surface area (Å²) in [6, 6.07) is -3.78. The highest BCUT2D eigenvalue weighted by Crippen LogP contribution is 2.18. The number of carbonyl (C=O) groups is 5. The molecule has 0 radical (unpaired) electrons. The average Bonchev–Trinajstić information content (AvgIpc) is 3.08. The van der Waals surface area contributed by atoms with Gasteiger partial charge in [-0.25, -0.2) is 9.59 Å². The van der Waals surface area contributed by atoms with E-state index in [1.54, 1.807) is 20.8 Å². The van der Waals surface area contributed by atoms with Crippen molar-refractivity contribution < 1.29 is 33.8 Å². The second kappa shape index (κ2) is 10.3. The van der Waals surface area contributed by atoms with Gasteiger partial charge < -0.3 is 30.7 Å². The van der Waals surface area contributed by atoms with Crippen LogP contribution in [0.3, 0.4) is 0 Å². The molecule has 30 heavy (non-hydrogen) atoms. The summed E-state index contributed by atoms with van der Waals surface area (Å²) in [4.78, 5) is 61.2. The number of rotatable bonds is 7. The number of carboxylic acids is 1. The Morgan fingerprint density at radius 2 is 1.43 bits per heavy atom. The number of aliphatic carboxylic acids is 1. The Bertz CT molecular complexity index is 689. The van der Waals surface area contributed by atoms with Crippen LogP contribution in [-0.4, -0.2) is 76.1 Å². The summed E-state index contributed by atoms with van der Waals surface area (Å²) in [5.74, 6) is -2.79. The summed E-state index contributed by atoms with van der Waals surface area (Å²) in [7, 11) is 0. The topological polar surface area (TPSA) is 154 Å². The molecule has 4 amide bonds. The zero-order valence-corrected chi connectivity index (χ0v) is 18.3. The molecule has 1 heterocycles. The van der Waals surface area contributed by atoms with Crippen LogP contribution in [0, 0.1) is 0 Å². The van der Waals surface area contributed by atoms with Crippen LogP contribution in [0.4, 0.5) is 4.79 Å². The highest BCUT2D eigenvalue weighted by atomic mass is 16.6. The van der Waals surface area contributed by atoms with Crippen LogP contribution in [0.15, 0.2) is 0 Å². The van der Waals surface area contributed by atoms with Crippen molar-refractivity contribution in [3.63, 3.8) is 0 Å². The smallest absolute Gasteiger partial charge is 0.408 e. The quantitative estimate of drug-likeness (QED) is 0.444. The average molecular weight is 428 g/mol. The first kappa shape index (κ1) is 25.2. The van der Waals surface area contributed by atoms with E-state index in [2.05, 4.69) is 16.0 Å². The van der Waals surface area contributed by atoms with Gasteiger partial charge in [-0.15, -0.1) is 0 Å². The van der Waals surface area contributed by atoms with Crippen molar-refractivity contribution in [2.24, 2.45) is 0 Å². The molecular weight excluding hydrogens is 396 g/mol. The number of alkyl carbamates (subject to hydrolysis) is 1. The van der Waals surface area contributed by atoms with Gasteiger partial charge in [-0.2, -0.15) is 0 Å². The fourth-order valence-corrected chi connectivity index (χ4v) is 2.89.